The van der Waals surface area contributed by atoms with Crippen molar-refractivity contribution >= 4 is 22.6 Å². The quantitative estimate of drug-likeness (QED) is 0.172. The third-order valence-electron chi connectivity index (χ3n) is 0.275. The zero-order valence-corrected chi connectivity index (χ0v) is 5.95. The van der Waals surface area contributed by atoms with Gasteiger partial charge in [0.1, 0.15) is 7.11 Å². The van der Waals surface area contributed by atoms with E-state index in [1.165, 1.54) is 7.11 Å². The first-order chi connectivity index (χ1) is 3.31. The third kappa shape index (κ3) is 3.77. The van der Waals surface area contributed by atoms with Gasteiger partial charge in [-0.1, -0.05) is 0 Å². The summed E-state index contributed by atoms with van der Waals surface area (Å²) in [6.45, 7) is 0. The van der Waals surface area contributed by atoms with Gasteiger partial charge in [-0.3, -0.25) is 0 Å². The van der Waals surface area contributed by atoms with Crippen LogP contribution in [0.2, 0.25) is 0 Å². The maximum atomic E-state index is 10.0. The monoisotopic (exact) mass is 216 g/mol. The summed E-state index contributed by atoms with van der Waals surface area (Å²) in [7, 11) is 1.33. The molecule has 0 spiro atoms. The van der Waals surface area contributed by atoms with E-state index in [1.54, 1.807) is 0 Å². The fourth-order valence-electron chi connectivity index (χ4n) is 0.113. The van der Waals surface area contributed by atoms with Crippen LogP contribution in [0.5, 0.6) is 0 Å². The molecule has 0 aliphatic heterocycles. The molecule has 0 saturated heterocycles. The van der Waals surface area contributed by atoms with E-state index in [4.69, 9.17) is 0 Å². The SMILES string of the molecule is CON=[N+]([O-])CI. The lowest BCUT2D eigenvalue weighted by Crippen LogP contribution is -1.94. The van der Waals surface area contributed by atoms with Crippen LogP contribution in [-0.2, 0) is 4.84 Å². The normalized spacial score (nSPS) is 11.4. The first kappa shape index (κ1) is 6.93. The van der Waals surface area contributed by atoms with Gasteiger partial charge in [-0.15, -0.1) is 0 Å². The van der Waals surface area contributed by atoms with Gasteiger partial charge in [0, 0.05) is 0 Å². The minimum absolute atomic E-state index is 0.297. The Labute approximate surface area is 54.8 Å². The lowest BCUT2D eigenvalue weighted by molar-refractivity contribution is -0.533. The van der Waals surface area contributed by atoms with Crippen molar-refractivity contribution in [3.63, 3.8) is 0 Å². The Balaban J connectivity index is 3.29. The molecule has 0 N–H and O–H groups in total. The average Bonchev–Trinajstić information content (AvgIpc) is 1.68. The highest BCUT2D eigenvalue weighted by Crippen LogP contribution is 1.82. The molecular weight excluding hydrogens is 211 g/mol. The molecule has 0 heterocycles. The molecule has 7 heavy (non-hydrogen) atoms. The number of hydrogen-bond donors (Lipinski definition) is 0. The van der Waals surface area contributed by atoms with E-state index in [0.29, 0.717) is 9.41 Å². The predicted molar refractivity (Wildman–Crippen MR) is 32.0 cm³/mol. The third-order valence-corrected chi connectivity index (χ3v) is 0.859. The van der Waals surface area contributed by atoms with E-state index in [2.05, 4.69) is 10.1 Å². The molecule has 0 fully saturated rings. The zero-order chi connectivity index (χ0) is 5.70. The van der Waals surface area contributed by atoms with E-state index < -0.39 is 0 Å². The zero-order valence-electron chi connectivity index (χ0n) is 3.80. The maximum Gasteiger partial charge on any atom is 0.232 e. The van der Waals surface area contributed by atoms with E-state index in [9.17, 15) is 5.21 Å². The first-order valence-corrected chi connectivity index (χ1v) is 3.08. The fourth-order valence-corrected chi connectivity index (χ4v) is 0.237. The van der Waals surface area contributed by atoms with Gasteiger partial charge < -0.3 is 10.0 Å². The summed E-state index contributed by atoms with van der Waals surface area (Å²) >= 11 is 1.88. The van der Waals surface area contributed by atoms with Gasteiger partial charge >= 0.3 is 0 Å². The van der Waals surface area contributed by atoms with Crippen molar-refractivity contribution in [3.8, 4) is 0 Å². The molecule has 5 heteroatoms. The Bertz CT molecular complexity index is 74.1. The van der Waals surface area contributed by atoms with Gasteiger partial charge in [0.2, 0.25) is 4.55 Å². The molecule has 4 nitrogen and oxygen atoms in total. The van der Waals surface area contributed by atoms with Gasteiger partial charge in [0.05, 0.1) is 0 Å². The molecule has 0 unspecified atom stereocenters. The summed E-state index contributed by atoms with van der Waals surface area (Å²) in [5.74, 6) is 0. The number of alkyl halides is 1. The minimum Gasteiger partial charge on any atom is -0.597 e. The standard InChI is InChI=1S/C2H5IN2O2/c1-7-4-5(6)2-3/h2H2,1H3. The summed E-state index contributed by atoms with van der Waals surface area (Å²) in [5.41, 5.74) is 0. The molecule has 0 aliphatic rings. The minimum atomic E-state index is 0.297. The number of nitrogens with zero attached hydrogens (tertiary/aromatic N) is 2. The van der Waals surface area contributed by atoms with Gasteiger partial charge in [-0.25, -0.2) is 0 Å². The van der Waals surface area contributed by atoms with Crippen molar-refractivity contribution in [3.05, 3.63) is 5.21 Å². The number of hydrogen-bond acceptors (Lipinski definition) is 3. The van der Waals surface area contributed by atoms with E-state index in [1.807, 2.05) is 22.6 Å². The van der Waals surface area contributed by atoms with E-state index in [-0.39, 0.29) is 0 Å². The van der Waals surface area contributed by atoms with Gasteiger partial charge in [-0.2, -0.15) is 0 Å². The first-order valence-electron chi connectivity index (χ1n) is 1.56. The molecule has 0 bridgehead atoms. The maximum absolute atomic E-state index is 10.0. The highest BCUT2D eigenvalue weighted by Gasteiger charge is 1.83. The summed E-state index contributed by atoms with van der Waals surface area (Å²) in [6, 6.07) is 0. The van der Waals surface area contributed by atoms with Crippen molar-refractivity contribution in [2.45, 2.75) is 0 Å². The van der Waals surface area contributed by atoms with Crippen LogP contribution in [0.4, 0.5) is 0 Å². The second kappa shape index (κ2) is 4.10. The summed E-state index contributed by atoms with van der Waals surface area (Å²) < 4.78 is 0.297. The molecule has 0 aromatic heterocycles. The van der Waals surface area contributed by atoms with Crippen molar-refractivity contribution in [1.29, 1.82) is 0 Å². The molecule has 0 aromatic rings. The summed E-state index contributed by atoms with van der Waals surface area (Å²) in [5, 5.41) is 13.0. The lowest BCUT2D eigenvalue weighted by Gasteiger charge is -1.89. The van der Waals surface area contributed by atoms with Crippen LogP contribution in [-0.4, -0.2) is 16.5 Å². The molecule has 0 amide bonds. The smallest absolute Gasteiger partial charge is 0.232 e. The Morgan fingerprint density at radius 2 is 2.57 bits per heavy atom. The average molecular weight is 216 g/mol. The second-order valence-electron chi connectivity index (χ2n) is 0.736. The molecule has 0 rings (SSSR count). The topological polar surface area (TPSA) is 47.7 Å². The van der Waals surface area contributed by atoms with Crippen LogP contribution in [0.1, 0.15) is 0 Å². The van der Waals surface area contributed by atoms with Crippen LogP contribution in [0.3, 0.4) is 0 Å². The van der Waals surface area contributed by atoms with Gasteiger partial charge in [0.15, 0.2) is 5.28 Å². The highest BCUT2D eigenvalue weighted by molar-refractivity contribution is 14.1. The Kier molecular flexibility index (Phi) is 4.06. The van der Waals surface area contributed by atoms with Crippen LogP contribution in [0.25, 0.3) is 0 Å². The molecule has 0 atom stereocenters. The Morgan fingerprint density at radius 3 is 2.71 bits per heavy atom. The highest BCUT2D eigenvalue weighted by atomic mass is 127. The largest absolute Gasteiger partial charge is 0.597 e. The van der Waals surface area contributed by atoms with Crippen molar-refractivity contribution in [2.75, 3.05) is 11.7 Å². The van der Waals surface area contributed by atoms with Crippen LogP contribution in [0, 0.1) is 5.21 Å². The summed E-state index contributed by atoms with van der Waals surface area (Å²) in [6.07, 6.45) is 0. The molecule has 42 valence electrons. The second-order valence-corrected chi connectivity index (χ2v) is 1.42. The Hall–Kier alpha value is -0.0700. The predicted octanol–water partition coefficient (Wildman–Crippen LogP) is 0.903. The van der Waals surface area contributed by atoms with Crippen LogP contribution >= 0.6 is 22.6 Å². The fraction of sp³-hybridized carbons (Fsp3) is 1.00. The van der Waals surface area contributed by atoms with Crippen molar-refractivity contribution in [2.24, 2.45) is 5.28 Å². The van der Waals surface area contributed by atoms with Crippen LogP contribution < -0.4 is 0 Å². The molecular formula is C2H5IN2O2. The summed E-state index contributed by atoms with van der Waals surface area (Å²) in [4.78, 5) is 4.57. The number of rotatable bonds is 2. The van der Waals surface area contributed by atoms with Gasteiger partial charge in [-0.05, 0) is 27.5 Å². The lowest BCUT2D eigenvalue weighted by atomic mass is 11.5. The molecule has 0 aliphatic carbocycles. The molecule has 0 radical (unpaired) electrons. The Morgan fingerprint density at radius 1 is 2.00 bits per heavy atom. The van der Waals surface area contributed by atoms with E-state index >= 15 is 0 Å². The van der Waals surface area contributed by atoms with Crippen LogP contribution in [0.15, 0.2) is 5.28 Å². The molecule has 0 aromatic carbocycles. The van der Waals surface area contributed by atoms with Crippen molar-refractivity contribution in [1.82, 2.24) is 0 Å². The van der Waals surface area contributed by atoms with Crippen molar-refractivity contribution < 1.29 is 9.70 Å². The van der Waals surface area contributed by atoms with Gasteiger partial charge in [0.25, 0.3) is 0 Å². The van der Waals surface area contributed by atoms with E-state index in [0.717, 1.165) is 0 Å². The number of hydroxylamine groups is 1. The molecule has 0 saturated carbocycles. The number of halogens is 1.